The molecule has 2 aliphatic rings. The Labute approximate surface area is 195 Å². The van der Waals surface area contributed by atoms with Crippen LogP contribution < -0.4 is 9.64 Å². The Morgan fingerprint density at radius 2 is 1.78 bits per heavy atom. The van der Waals surface area contributed by atoms with Crippen molar-refractivity contribution in [3.05, 3.63) is 73.0 Å². The average molecular weight is 486 g/mol. The number of carbonyl (C=O) groups is 2. The van der Waals surface area contributed by atoms with Crippen molar-refractivity contribution >= 4 is 58.5 Å². The number of nitro benzene ring substituents is 1. The number of non-ortho nitro benzene ring substituents is 1. The van der Waals surface area contributed by atoms with Crippen LogP contribution in [0.5, 0.6) is 5.75 Å². The molecule has 162 valence electrons. The highest BCUT2D eigenvalue weighted by molar-refractivity contribution is 8.01. The van der Waals surface area contributed by atoms with Crippen LogP contribution in [0.4, 0.5) is 11.4 Å². The first-order valence-electron chi connectivity index (χ1n) is 9.55. The number of aromatic nitrogens is 1. The lowest BCUT2D eigenvalue weighted by Crippen LogP contribution is -2.32. The van der Waals surface area contributed by atoms with Crippen LogP contribution in [0.1, 0.15) is 16.4 Å². The summed E-state index contributed by atoms with van der Waals surface area (Å²) in [4.78, 5) is 42.6. The van der Waals surface area contributed by atoms with E-state index < -0.39 is 16.1 Å². The number of aromatic amines is 1. The van der Waals surface area contributed by atoms with E-state index >= 15 is 0 Å². The van der Waals surface area contributed by atoms with E-state index in [1.165, 1.54) is 47.4 Å². The first kappa shape index (κ1) is 20.9. The molecule has 1 saturated heterocycles. The lowest BCUT2D eigenvalue weighted by molar-refractivity contribution is -0.384. The summed E-state index contributed by atoms with van der Waals surface area (Å²) in [5, 5.41) is 11.1. The van der Waals surface area contributed by atoms with Gasteiger partial charge in [0.15, 0.2) is 3.95 Å². The van der Waals surface area contributed by atoms with Gasteiger partial charge in [0, 0.05) is 22.9 Å². The molecule has 3 aromatic rings. The first-order chi connectivity index (χ1) is 15.4. The van der Waals surface area contributed by atoms with Crippen molar-refractivity contribution in [2.75, 3.05) is 12.0 Å². The first-order valence-corrected chi connectivity index (χ1v) is 11.7. The van der Waals surface area contributed by atoms with Gasteiger partial charge in [-0.2, -0.15) is 0 Å². The molecule has 0 saturated carbocycles. The fraction of sp³-hybridized carbons (Fsp3) is 0.190. The van der Waals surface area contributed by atoms with E-state index in [9.17, 15) is 19.7 Å². The monoisotopic (exact) mass is 485 g/mol. The van der Waals surface area contributed by atoms with Gasteiger partial charge in [0.25, 0.3) is 5.69 Å². The molecule has 0 aliphatic carbocycles. The van der Waals surface area contributed by atoms with Crippen molar-refractivity contribution in [2.45, 2.75) is 16.2 Å². The van der Waals surface area contributed by atoms with Crippen molar-refractivity contribution in [2.24, 2.45) is 5.92 Å². The van der Waals surface area contributed by atoms with E-state index in [0.29, 0.717) is 15.4 Å². The largest absolute Gasteiger partial charge is 0.497 e. The summed E-state index contributed by atoms with van der Waals surface area (Å²) in [7, 11) is 1.58. The van der Waals surface area contributed by atoms with Crippen molar-refractivity contribution in [3.8, 4) is 5.75 Å². The van der Waals surface area contributed by atoms with Crippen LogP contribution in [0.2, 0.25) is 0 Å². The molecule has 32 heavy (non-hydrogen) atoms. The number of amides is 2. The number of methoxy groups -OCH3 is 1. The van der Waals surface area contributed by atoms with Crippen LogP contribution in [0.3, 0.4) is 0 Å². The van der Waals surface area contributed by atoms with Crippen LogP contribution in [-0.4, -0.2) is 34.1 Å². The number of hydrogen-bond acceptors (Lipinski definition) is 8. The molecule has 2 amide bonds. The average Bonchev–Trinajstić information content (AvgIpc) is 3.28. The van der Waals surface area contributed by atoms with Crippen LogP contribution in [-0.2, 0) is 9.59 Å². The number of fused-ring (bicyclic) bond motifs is 2. The maximum absolute atomic E-state index is 13.6. The molecule has 2 aromatic carbocycles. The van der Waals surface area contributed by atoms with Gasteiger partial charge in [0.05, 0.1) is 28.7 Å². The van der Waals surface area contributed by atoms with Crippen LogP contribution in [0, 0.1) is 20.0 Å². The molecule has 2 aliphatic heterocycles. The van der Waals surface area contributed by atoms with Gasteiger partial charge in [-0.05, 0) is 42.0 Å². The van der Waals surface area contributed by atoms with Gasteiger partial charge >= 0.3 is 0 Å². The van der Waals surface area contributed by atoms with Gasteiger partial charge in [-0.1, -0.05) is 23.9 Å². The van der Waals surface area contributed by atoms with E-state index in [4.69, 9.17) is 17.0 Å². The Balaban J connectivity index is 1.59. The standard InChI is InChI=1S/C21H15N3O5S3/c1-29-13-8-2-10(3-9-13)14-15-17(31-18-16(14)32-21(30)22-18)20(26)23(19(15)25)11-4-6-12(7-5-11)24(27)28/h2-9,14-15,17H,1H3,(H,22,30)/t14-,15-,17+/m0/s1. The van der Waals surface area contributed by atoms with E-state index in [1.807, 2.05) is 24.3 Å². The number of benzene rings is 2. The molecular formula is C21H15N3O5S3. The molecule has 11 heteroatoms. The minimum atomic E-state index is -0.627. The third-order valence-electron chi connectivity index (χ3n) is 5.62. The molecule has 0 unspecified atom stereocenters. The topological polar surface area (TPSA) is 106 Å². The number of nitro groups is 1. The smallest absolute Gasteiger partial charge is 0.269 e. The number of anilines is 1. The summed E-state index contributed by atoms with van der Waals surface area (Å²) in [5.41, 5.74) is 1.11. The van der Waals surface area contributed by atoms with E-state index in [1.54, 1.807) is 7.11 Å². The van der Waals surface area contributed by atoms with Gasteiger partial charge in [-0.3, -0.25) is 19.7 Å². The number of thiazole rings is 1. The summed E-state index contributed by atoms with van der Waals surface area (Å²) in [6, 6.07) is 12.9. The molecule has 8 nitrogen and oxygen atoms in total. The summed E-state index contributed by atoms with van der Waals surface area (Å²) >= 11 is 8.06. The van der Waals surface area contributed by atoms with Crippen LogP contribution >= 0.6 is 35.3 Å². The number of H-pyrrole nitrogens is 1. The zero-order valence-corrected chi connectivity index (χ0v) is 19.0. The molecule has 0 spiro atoms. The molecule has 3 heterocycles. The molecule has 3 atom stereocenters. The minimum Gasteiger partial charge on any atom is -0.497 e. The zero-order valence-electron chi connectivity index (χ0n) is 16.5. The molecular weight excluding hydrogens is 470 g/mol. The van der Waals surface area contributed by atoms with E-state index in [0.717, 1.165) is 20.4 Å². The van der Waals surface area contributed by atoms with Crippen LogP contribution in [0.25, 0.3) is 0 Å². The second-order valence-electron chi connectivity index (χ2n) is 7.31. The summed E-state index contributed by atoms with van der Waals surface area (Å²) < 4.78 is 5.85. The second kappa shape index (κ2) is 7.84. The molecule has 0 radical (unpaired) electrons. The summed E-state index contributed by atoms with van der Waals surface area (Å²) in [5.74, 6) is -0.941. The molecule has 1 fully saturated rings. The molecule has 1 aromatic heterocycles. The third-order valence-corrected chi connectivity index (χ3v) is 8.37. The summed E-state index contributed by atoms with van der Waals surface area (Å²) in [6.45, 7) is 0. The fourth-order valence-electron chi connectivity index (χ4n) is 4.17. The number of carbonyl (C=O) groups excluding carboxylic acids is 2. The molecule has 5 rings (SSSR count). The number of nitrogens with one attached hydrogen (secondary N) is 1. The summed E-state index contributed by atoms with van der Waals surface area (Å²) in [6.07, 6.45) is 0. The zero-order chi connectivity index (χ0) is 22.6. The Hall–Kier alpha value is -3.02. The Morgan fingerprint density at radius 1 is 1.09 bits per heavy atom. The van der Waals surface area contributed by atoms with E-state index in [2.05, 4.69) is 4.98 Å². The quantitative estimate of drug-likeness (QED) is 0.251. The van der Waals surface area contributed by atoms with Gasteiger partial charge in [-0.25, -0.2) is 4.90 Å². The number of nitrogens with zero attached hydrogens (tertiary/aromatic N) is 2. The normalized spacial score (nSPS) is 21.9. The van der Waals surface area contributed by atoms with Gasteiger partial charge in [0.1, 0.15) is 11.0 Å². The maximum atomic E-state index is 13.6. The molecule has 0 bridgehead atoms. The highest BCUT2D eigenvalue weighted by atomic mass is 32.2. The van der Waals surface area contributed by atoms with Crippen molar-refractivity contribution in [1.29, 1.82) is 0 Å². The highest BCUT2D eigenvalue weighted by Crippen LogP contribution is 2.54. The number of imide groups is 1. The second-order valence-corrected chi connectivity index (χ2v) is 10.2. The van der Waals surface area contributed by atoms with Crippen molar-refractivity contribution < 1.29 is 19.2 Å². The maximum Gasteiger partial charge on any atom is 0.269 e. The Kier molecular flexibility index (Phi) is 5.11. The number of thioether (sulfide) groups is 1. The predicted molar refractivity (Wildman–Crippen MR) is 123 cm³/mol. The number of ether oxygens (including phenoxy) is 1. The third kappa shape index (κ3) is 3.24. The van der Waals surface area contributed by atoms with Crippen molar-refractivity contribution in [3.63, 3.8) is 0 Å². The fourth-order valence-corrected chi connectivity index (χ4v) is 7.13. The lowest BCUT2D eigenvalue weighted by Gasteiger charge is -2.30. The number of rotatable bonds is 4. The predicted octanol–water partition coefficient (Wildman–Crippen LogP) is 4.52. The SMILES string of the molecule is COc1ccc([C@@H]2c3sc(=S)[nH]c3S[C@H]3C(=O)N(c4ccc([N+](=O)[O-])cc4)C(=O)[C@@H]23)cc1. The van der Waals surface area contributed by atoms with Crippen molar-refractivity contribution in [1.82, 2.24) is 4.98 Å². The molecule has 1 N–H and O–H groups in total. The Bertz CT molecular complexity index is 1300. The van der Waals surface area contributed by atoms with Crippen LogP contribution in [0.15, 0.2) is 53.6 Å². The van der Waals surface area contributed by atoms with Gasteiger partial charge < -0.3 is 9.72 Å². The highest BCUT2D eigenvalue weighted by Gasteiger charge is 2.56. The number of hydrogen-bond donors (Lipinski definition) is 1. The van der Waals surface area contributed by atoms with Gasteiger partial charge in [0.2, 0.25) is 11.8 Å². The van der Waals surface area contributed by atoms with E-state index in [-0.39, 0.29) is 23.4 Å². The minimum absolute atomic E-state index is 0.106. The van der Waals surface area contributed by atoms with Gasteiger partial charge in [-0.15, -0.1) is 11.3 Å². The Morgan fingerprint density at radius 3 is 2.41 bits per heavy atom. The lowest BCUT2D eigenvalue weighted by atomic mass is 9.83.